The van der Waals surface area contributed by atoms with Gasteiger partial charge in [-0.05, 0) is 5.56 Å². The normalized spacial score (nSPS) is 11.2. The van der Waals surface area contributed by atoms with Gasteiger partial charge in [0.25, 0.3) is 0 Å². The monoisotopic (exact) mass is 243 g/mol. The van der Waals surface area contributed by atoms with Gasteiger partial charge < -0.3 is 5.32 Å². The van der Waals surface area contributed by atoms with E-state index in [2.05, 4.69) is 36.3 Å². The summed E-state index contributed by atoms with van der Waals surface area (Å²) in [5.41, 5.74) is 1.10. The minimum Gasteiger partial charge on any atom is -0.336 e. The molecule has 4 nitrogen and oxygen atoms in total. The molecule has 0 aliphatic heterocycles. The fraction of sp³-hybridized carbons (Fsp3) is 0.286. The van der Waals surface area contributed by atoms with Crippen molar-refractivity contribution in [3.05, 3.63) is 54.6 Å². The van der Waals surface area contributed by atoms with Crippen LogP contribution in [0.5, 0.6) is 0 Å². The Bertz CT molecular complexity index is 503. The molecule has 94 valence electrons. The first-order chi connectivity index (χ1) is 8.59. The van der Waals surface area contributed by atoms with Crippen molar-refractivity contribution in [1.82, 2.24) is 14.9 Å². The molecule has 0 unspecified atom stereocenters. The zero-order valence-corrected chi connectivity index (χ0v) is 10.6. The van der Waals surface area contributed by atoms with Gasteiger partial charge in [-0.3, -0.25) is 4.57 Å². The predicted molar refractivity (Wildman–Crippen MR) is 70.5 cm³/mol. The van der Waals surface area contributed by atoms with E-state index in [-0.39, 0.29) is 11.4 Å². The van der Waals surface area contributed by atoms with Crippen LogP contribution in [0.3, 0.4) is 0 Å². The SMILES string of the molecule is CC(C)(CNC(=O)n1ccnc1)c1ccccc1. The molecule has 1 amide bonds. The van der Waals surface area contributed by atoms with Gasteiger partial charge in [-0.1, -0.05) is 44.2 Å². The molecule has 1 aromatic heterocycles. The van der Waals surface area contributed by atoms with E-state index in [1.807, 2.05) is 18.2 Å². The number of hydrogen-bond donors (Lipinski definition) is 1. The molecular weight excluding hydrogens is 226 g/mol. The van der Waals surface area contributed by atoms with Crippen LogP contribution in [0.2, 0.25) is 0 Å². The van der Waals surface area contributed by atoms with Crippen molar-refractivity contribution in [2.75, 3.05) is 6.54 Å². The first kappa shape index (κ1) is 12.4. The van der Waals surface area contributed by atoms with E-state index in [9.17, 15) is 4.79 Å². The molecular formula is C14H17N3O. The van der Waals surface area contributed by atoms with Crippen molar-refractivity contribution in [1.29, 1.82) is 0 Å². The molecule has 1 N–H and O–H groups in total. The van der Waals surface area contributed by atoms with Crippen molar-refractivity contribution in [3.8, 4) is 0 Å². The number of nitrogens with zero attached hydrogens (tertiary/aromatic N) is 2. The largest absolute Gasteiger partial charge is 0.336 e. The zero-order chi connectivity index (χ0) is 13.0. The van der Waals surface area contributed by atoms with E-state index in [1.165, 1.54) is 16.5 Å². The summed E-state index contributed by atoms with van der Waals surface area (Å²) in [5, 5.41) is 2.91. The third-order valence-electron chi connectivity index (χ3n) is 2.98. The number of carbonyl (C=O) groups excluding carboxylic acids is 1. The highest BCUT2D eigenvalue weighted by Crippen LogP contribution is 2.21. The number of hydrogen-bond acceptors (Lipinski definition) is 2. The van der Waals surface area contributed by atoms with Gasteiger partial charge in [0, 0.05) is 24.4 Å². The number of amides is 1. The fourth-order valence-electron chi connectivity index (χ4n) is 1.76. The first-order valence-corrected chi connectivity index (χ1v) is 5.91. The predicted octanol–water partition coefficient (Wildman–Crippen LogP) is 2.42. The minimum atomic E-state index is -0.156. The van der Waals surface area contributed by atoms with Crippen LogP contribution in [0, 0.1) is 0 Å². The molecule has 2 rings (SSSR count). The molecule has 0 spiro atoms. The number of aromatic nitrogens is 2. The summed E-state index contributed by atoms with van der Waals surface area (Å²) in [6, 6.07) is 10.00. The lowest BCUT2D eigenvalue weighted by atomic mass is 9.85. The quantitative estimate of drug-likeness (QED) is 0.900. The second-order valence-corrected chi connectivity index (χ2v) is 4.88. The van der Waals surface area contributed by atoms with Crippen molar-refractivity contribution in [3.63, 3.8) is 0 Å². The van der Waals surface area contributed by atoms with Crippen molar-refractivity contribution < 1.29 is 4.79 Å². The summed E-state index contributed by atoms with van der Waals surface area (Å²) in [4.78, 5) is 15.6. The molecule has 0 bridgehead atoms. The summed E-state index contributed by atoms with van der Waals surface area (Å²) in [5.74, 6) is 0. The van der Waals surface area contributed by atoms with Gasteiger partial charge >= 0.3 is 6.03 Å². The highest BCUT2D eigenvalue weighted by atomic mass is 16.2. The summed E-state index contributed by atoms with van der Waals surface area (Å²) >= 11 is 0. The van der Waals surface area contributed by atoms with Gasteiger partial charge in [-0.2, -0.15) is 0 Å². The number of carbonyl (C=O) groups is 1. The van der Waals surface area contributed by atoms with Crippen LogP contribution < -0.4 is 5.32 Å². The van der Waals surface area contributed by atoms with Crippen LogP contribution in [0.1, 0.15) is 19.4 Å². The Kier molecular flexibility index (Phi) is 3.46. The summed E-state index contributed by atoms with van der Waals surface area (Å²) < 4.78 is 1.43. The highest BCUT2D eigenvalue weighted by molar-refractivity contribution is 5.76. The molecule has 0 fully saturated rings. The van der Waals surface area contributed by atoms with Gasteiger partial charge in [-0.15, -0.1) is 0 Å². The van der Waals surface area contributed by atoms with Crippen LogP contribution in [-0.2, 0) is 5.41 Å². The maximum Gasteiger partial charge on any atom is 0.326 e. The average Bonchev–Trinajstić information content (AvgIpc) is 2.91. The Morgan fingerprint density at radius 3 is 2.67 bits per heavy atom. The topological polar surface area (TPSA) is 46.9 Å². The van der Waals surface area contributed by atoms with E-state index >= 15 is 0 Å². The van der Waals surface area contributed by atoms with Gasteiger partial charge in [-0.25, -0.2) is 9.78 Å². The average molecular weight is 243 g/mol. The molecule has 4 heteroatoms. The lowest BCUT2D eigenvalue weighted by Crippen LogP contribution is -2.38. The van der Waals surface area contributed by atoms with Crippen molar-refractivity contribution in [2.24, 2.45) is 0 Å². The summed E-state index contributed by atoms with van der Waals surface area (Å²) in [7, 11) is 0. The Balaban J connectivity index is 1.99. The van der Waals surface area contributed by atoms with E-state index in [0.29, 0.717) is 6.54 Å². The highest BCUT2D eigenvalue weighted by Gasteiger charge is 2.21. The molecule has 2 aromatic rings. The number of imidazole rings is 1. The second kappa shape index (κ2) is 5.04. The molecule has 0 radical (unpaired) electrons. The molecule has 0 aliphatic carbocycles. The third kappa shape index (κ3) is 2.77. The Labute approximate surface area is 107 Å². The maximum absolute atomic E-state index is 11.8. The van der Waals surface area contributed by atoms with Crippen molar-refractivity contribution >= 4 is 6.03 Å². The van der Waals surface area contributed by atoms with E-state index in [0.717, 1.165) is 0 Å². The van der Waals surface area contributed by atoms with Gasteiger partial charge in [0.15, 0.2) is 0 Å². The molecule has 0 saturated carbocycles. The van der Waals surface area contributed by atoms with Crippen LogP contribution in [0.25, 0.3) is 0 Å². The minimum absolute atomic E-state index is 0.0997. The van der Waals surface area contributed by atoms with E-state index in [4.69, 9.17) is 0 Å². The fourth-order valence-corrected chi connectivity index (χ4v) is 1.76. The lowest BCUT2D eigenvalue weighted by molar-refractivity contribution is 0.240. The van der Waals surface area contributed by atoms with Crippen LogP contribution >= 0.6 is 0 Å². The first-order valence-electron chi connectivity index (χ1n) is 5.91. The van der Waals surface area contributed by atoms with Crippen LogP contribution in [-0.4, -0.2) is 22.1 Å². The zero-order valence-electron chi connectivity index (χ0n) is 10.6. The smallest absolute Gasteiger partial charge is 0.326 e. The Hall–Kier alpha value is -2.10. The molecule has 0 aliphatic rings. The van der Waals surface area contributed by atoms with Gasteiger partial charge in [0.2, 0.25) is 0 Å². The number of nitrogens with one attached hydrogen (secondary N) is 1. The van der Waals surface area contributed by atoms with Crippen LogP contribution in [0.4, 0.5) is 4.79 Å². The summed E-state index contributed by atoms with van der Waals surface area (Å²) in [6.07, 6.45) is 4.71. The second-order valence-electron chi connectivity index (χ2n) is 4.88. The molecule has 1 aromatic carbocycles. The van der Waals surface area contributed by atoms with Gasteiger partial charge in [0.05, 0.1) is 0 Å². The molecule has 1 heterocycles. The Morgan fingerprint density at radius 1 is 1.33 bits per heavy atom. The third-order valence-corrected chi connectivity index (χ3v) is 2.98. The van der Waals surface area contributed by atoms with Crippen LogP contribution in [0.15, 0.2) is 49.1 Å². The Morgan fingerprint density at radius 2 is 2.06 bits per heavy atom. The lowest BCUT2D eigenvalue weighted by Gasteiger charge is -2.25. The van der Waals surface area contributed by atoms with Crippen molar-refractivity contribution in [2.45, 2.75) is 19.3 Å². The summed E-state index contributed by atoms with van der Waals surface area (Å²) in [6.45, 7) is 4.79. The molecule has 18 heavy (non-hydrogen) atoms. The van der Waals surface area contributed by atoms with Gasteiger partial charge in [0.1, 0.15) is 6.33 Å². The number of benzene rings is 1. The van der Waals surface area contributed by atoms with E-state index < -0.39 is 0 Å². The van der Waals surface area contributed by atoms with E-state index in [1.54, 1.807) is 12.4 Å². The standard InChI is InChI=1S/C14H17N3O/c1-14(2,12-6-4-3-5-7-12)10-16-13(18)17-9-8-15-11-17/h3-9,11H,10H2,1-2H3,(H,16,18). The maximum atomic E-state index is 11.8. The number of rotatable bonds is 3. The molecule has 0 atom stereocenters. The molecule has 0 saturated heterocycles.